The van der Waals surface area contributed by atoms with Crippen molar-refractivity contribution in [3.8, 4) is 10.8 Å². The van der Waals surface area contributed by atoms with Crippen LogP contribution in [-0.4, -0.2) is 28.7 Å². The molecule has 4 rings (SSSR count). The zero-order valence-corrected chi connectivity index (χ0v) is 14.7. The molecule has 23 heavy (non-hydrogen) atoms. The first kappa shape index (κ1) is 15.4. The highest BCUT2D eigenvalue weighted by Crippen LogP contribution is 2.41. The van der Waals surface area contributed by atoms with Crippen LogP contribution in [0, 0.1) is 0 Å². The van der Waals surface area contributed by atoms with Crippen molar-refractivity contribution in [2.24, 2.45) is 0 Å². The fraction of sp³-hybridized carbons (Fsp3) is 0.375. The maximum Gasteiger partial charge on any atom is 0.276 e. The number of aromatic nitrogens is 2. The summed E-state index contributed by atoms with van der Waals surface area (Å²) in [4.78, 5) is 0.834. The van der Waals surface area contributed by atoms with E-state index in [0.29, 0.717) is 16.1 Å². The number of rotatable bonds is 4. The fourth-order valence-corrected chi connectivity index (χ4v) is 4.88. The smallest absolute Gasteiger partial charge is 0.276 e. The molecule has 0 saturated carbocycles. The summed E-state index contributed by atoms with van der Waals surface area (Å²) in [6.07, 6.45) is 3.79. The Bertz CT molecular complexity index is 811. The summed E-state index contributed by atoms with van der Waals surface area (Å²) in [6.45, 7) is 0.859. The van der Waals surface area contributed by atoms with Crippen LogP contribution in [0.3, 0.4) is 0 Å². The lowest BCUT2D eigenvalue weighted by molar-refractivity contribution is 0.0314. The molecule has 1 fully saturated rings. The molecule has 0 unspecified atom stereocenters. The summed E-state index contributed by atoms with van der Waals surface area (Å²) >= 11 is 9.58. The highest BCUT2D eigenvalue weighted by Gasteiger charge is 2.19. The Morgan fingerprint density at radius 2 is 2.17 bits per heavy atom. The summed E-state index contributed by atoms with van der Waals surface area (Å²) in [6, 6.07) is 8.02. The van der Waals surface area contributed by atoms with Gasteiger partial charge in [0.2, 0.25) is 0 Å². The number of halogens is 1. The van der Waals surface area contributed by atoms with Crippen LogP contribution in [0.2, 0.25) is 5.02 Å². The van der Waals surface area contributed by atoms with Crippen LogP contribution in [0.4, 0.5) is 0 Å². The third kappa shape index (κ3) is 3.26. The van der Waals surface area contributed by atoms with Crippen LogP contribution in [0.25, 0.3) is 20.9 Å². The number of thiophene rings is 1. The second kappa shape index (κ2) is 6.81. The Hall–Kier alpha value is -1.08. The van der Waals surface area contributed by atoms with E-state index in [4.69, 9.17) is 20.8 Å². The number of ether oxygens (including phenoxy) is 1. The van der Waals surface area contributed by atoms with Gasteiger partial charge >= 0.3 is 0 Å². The van der Waals surface area contributed by atoms with Crippen LogP contribution in [0.5, 0.6) is 0 Å². The lowest BCUT2D eigenvalue weighted by Gasteiger charge is -2.21. The summed E-state index contributed by atoms with van der Waals surface area (Å²) in [7, 11) is 0. The Kier molecular flexibility index (Phi) is 4.57. The van der Waals surface area contributed by atoms with Crippen molar-refractivity contribution in [3.63, 3.8) is 0 Å². The molecule has 1 atom stereocenters. The first-order valence-electron chi connectivity index (χ1n) is 7.56. The average Bonchev–Trinajstić information content (AvgIpc) is 3.19. The summed E-state index contributed by atoms with van der Waals surface area (Å²) in [5.74, 6) is 1.34. The number of benzene rings is 1. The second-order valence-electron chi connectivity index (χ2n) is 5.41. The highest BCUT2D eigenvalue weighted by atomic mass is 35.5. The van der Waals surface area contributed by atoms with Gasteiger partial charge in [-0.25, -0.2) is 0 Å². The lowest BCUT2D eigenvalue weighted by atomic mass is 10.1. The molecule has 1 aliphatic heterocycles. The van der Waals surface area contributed by atoms with E-state index in [2.05, 4.69) is 10.2 Å². The number of thioether (sulfide) groups is 1. The van der Waals surface area contributed by atoms with E-state index in [1.165, 1.54) is 6.42 Å². The van der Waals surface area contributed by atoms with E-state index in [1.807, 2.05) is 24.3 Å². The maximum atomic E-state index is 6.46. The van der Waals surface area contributed by atoms with Gasteiger partial charge in [0.15, 0.2) is 0 Å². The van der Waals surface area contributed by atoms with Crippen molar-refractivity contribution in [1.82, 2.24) is 10.2 Å². The molecule has 0 aliphatic carbocycles. The Morgan fingerprint density at radius 3 is 3.00 bits per heavy atom. The molecule has 1 aliphatic rings. The number of hydrogen-bond donors (Lipinski definition) is 0. The first-order valence-corrected chi connectivity index (χ1v) is 9.74. The van der Waals surface area contributed by atoms with E-state index in [0.717, 1.165) is 40.2 Å². The maximum absolute atomic E-state index is 6.46. The molecule has 1 aromatic carbocycles. The van der Waals surface area contributed by atoms with Gasteiger partial charge in [-0.15, -0.1) is 21.5 Å². The van der Waals surface area contributed by atoms with Gasteiger partial charge in [0, 0.05) is 22.4 Å². The zero-order valence-electron chi connectivity index (χ0n) is 12.3. The van der Waals surface area contributed by atoms with Gasteiger partial charge < -0.3 is 9.15 Å². The van der Waals surface area contributed by atoms with Crippen molar-refractivity contribution in [2.45, 2.75) is 30.6 Å². The topological polar surface area (TPSA) is 48.2 Å². The van der Waals surface area contributed by atoms with Crippen molar-refractivity contribution < 1.29 is 9.15 Å². The molecule has 3 heterocycles. The van der Waals surface area contributed by atoms with Crippen molar-refractivity contribution in [1.29, 1.82) is 0 Å². The second-order valence-corrected chi connectivity index (χ2v) is 7.82. The minimum absolute atomic E-state index is 0.289. The molecular weight excluding hydrogens is 352 g/mol. The molecule has 2 aromatic heterocycles. The van der Waals surface area contributed by atoms with Crippen LogP contribution in [-0.2, 0) is 4.74 Å². The quantitative estimate of drug-likeness (QED) is 0.589. The molecule has 1 saturated heterocycles. The molecule has 0 bridgehead atoms. The molecule has 0 radical (unpaired) electrons. The minimum atomic E-state index is 0.289. The van der Waals surface area contributed by atoms with E-state index in [1.54, 1.807) is 23.1 Å². The van der Waals surface area contributed by atoms with E-state index in [-0.39, 0.29) is 6.10 Å². The van der Waals surface area contributed by atoms with Gasteiger partial charge in [0.1, 0.15) is 4.88 Å². The van der Waals surface area contributed by atoms with Gasteiger partial charge in [0.05, 0.1) is 11.1 Å². The zero-order chi connectivity index (χ0) is 15.6. The molecule has 120 valence electrons. The first-order chi connectivity index (χ1) is 11.3. The predicted molar refractivity (Wildman–Crippen MR) is 94.4 cm³/mol. The lowest BCUT2D eigenvalue weighted by Crippen LogP contribution is -2.21. The SMILES string of the molecule is Clc1c(-c2nnc(SC[C@H]3CCCCO3)o2)sc2ccccc12. The van der Waals surface area contributed by atoms with Crippen LogP contribution in [0.15, 0.2) is 33.9 Å². The minimum Gasteiger partial charge on any atom is -0.410 e. The van der Waals surface area contributed by atoms with Crippen LogP contribution < -0.4 is 0 Å². The Balaban J connectivity index is 1.51. The van der Waals surface area contributed by atoms with E-state index < -0.39 is 0 Å². The largest absolute Gasteiger partial charge is 0.410 e. The molecule has 7 heteroatoms. The van der Waals surface area contributed by atoms with E-state index >= 15 is 0 Å². The number of fused-ring (bicyclic) bond motifs is 1. The van der Waals surface area contributed by atoms with E-state index in [9.17, 15) is 0 Å². The molecule has 0 N–H and O–H groups in total. The summed E-state index contributed by atoms with van der Waals surface area (Å²) in [5.41, 5.74) is 0. The molecular formula is C16H15ClN2O2S2. The molecule has 0 amide bonds. The van der Waals surface area contributed by atoms with Crippen molar-refractivity contribution >= 4 is 44.8 Å². The average molecular weight is 367 g/mol. The third-order valence-corrected chi connectivity index (χ3v) is 6.42. The van der Waals surface area contributed by atoms with Gasteiger partial charge in [0.25, 0.3) is 11.1 Å². The standard InChI is InChI=1S/C16H15ClN2O2S2/c17-13-11-6-1-2-7-12(11)23-14(13)15-18-19-16(21-15)22-9-10-5-3-4-8-20-10/h1-2,6-7,10H,3-5,8-9H2/t10-/m1/s1. The van der Waals surface area contributed by atoms with Crippen molar-refractivity contribution in [3.05, 3.63) is 29.3 Å². The Labute approximate surface area is 147 Å². The monoisotopic (exact) mass is 366 g/mol. The van der Waals surface area contributed by atoms with Gasteiger partial charge in [-0.2, -0.15) is 0 Å². The van der Waals surface area contributed by atoms with Crippen molar-refractivity contribution in [2.75, 3.05) is 12.4 Å². The molecule has 4 nitrogen and oxygen atoms in total. The third-order valence-electron chi connectivity index (χ3n) is 3.80. The number of nitrogens with zero attached hydrogens (tertiary/aromatic N) is 2. The highest BCUT2D eigenvalue weighted by molar-refractivity contribution is 7.99. The van der Waals surface area contributed by atoms with Crippen LogP contribution >= 0.6 is 34.7 Å². The molecule has 0 spiro atoms. The normalized spacial score (nSPS) is 18.6. The van der Waals surface area contributed by atoms with Crippen LogP contribution in [0.1, 0.15) is 19.3 Å². The summed E-state index contributed by atoms with van der Waals surface area (Å²) < 4.78 is 12.6. The fourth-order valence-electron chi connectivity index (χ4n) is 2.61. The summed E-state index contributed by atoms with van der Waals surface area (Å²) in [5, 5.41) is 10.6. The Morgan fingerprint density at radius 1 is 1.26 bits per heavy atom. The number of hydrogen-bond acceptors (Lipinski definition) is 6. The van der Waals surface area contributed by atoms with Gasteiger partial charge in [-0.05, 0) is 25.3 Å². The van der Waals surface area contributed by atoms with Gasteiger partial charge in [-0.3, -0.25) is 0 Å². The predicted octanol–water partition coefficient (Wildman–Crippen LogP) is 5.27. The molecule has 3 aromatic rings. The van der Waals surface area contributed by atoms with Gasteiger partial charge in [-0.1, -0.05) is 41.6 Å².